The minimum Gasteiger partial charge on any atom is -0.352 e. The molecular weight excluding hydrogens is 339 g/mol. The largest absolute Gasteiger partial charge is 0.352 e. The van der Waals surface area contributed by atoms with E-state index in [0.717, 1.165) is 5.56 Å². The van der Waals surface area contributed by atoms with Crippen LogP contribution in [-0.4, -0.2) is 32.2 Å². The van der Waals surface area contributed by atoms with Gasteiger partial charge in [0.15, 0.2) is 0 Å². The summed E-state index contributed by atoms with van der Waals surface area (Å²) in [7, 11) is -3.35. The first kappa shape index (κ1) is 21.6. The van der Waals surface area contributed by atoms with Crippen LogP contribution in [0.3, 0.4) is 0 Å². The second kappa shape index (κ2) is 11.2. The summed E-state index contributed by atoms with van der Waals surface area (Å²) in [5, 5.41) is 6.04. The van der Waals surface area contributed by atoms with E-state index in [0.29, 0.717) is 38.3 Å². The maximum atomic E-state index is 13.2. The van der Waals surface area contributed by atoms with Crippen LogP contribution in [0.2, 0.25) is 0 Å². The summed E-state index contributed by atoms with van der Waals surface area (Å²) in [6.07, 6.45) is 0.681. The molecule has 0 radical (unpaired) electrons. The third-order valence-electron chi connectivity index (χ3n) is 3.41. The fourth-order valence-corrected chi connectivity index (χ4v) is 4.26. The number of carbonyl (C=O) groups excluding carboxylic acids is 1. The van der Waals surface area contributed by atoms with Crippen LogP contribution in [0, 0.1) is 0 Å². The van der Waals surface area contributed by atoms with E-state index in [4.69, 9.17) is 9.05 Å². The van der Waals surface area contributed by atoms with Crippen molar-refractivity contribution >= 4 is 13.5 Å². The average molecular weight is 368 g/mol. The summed E-state index contributed by atoms with van der Waals surface area (Å²) >= 11 is 0. The number of benzene rings is 1. The van der Waals surface area contributed by atoms with E-state index in [1.54, 1.807) is 20.8 Å². The van der Waals surface area contributed by atoms with Gasteiger partial charge in [0.2, 0.25) is 5.91 Å². The molecule has 140 valence electrons. The molecule has 0 aliphatic carbocycles. The fourth-order valence-electron chi connectivity index (χ4n) is 2.27. The van der Waals surface area contributed by atoms with E-state index in [-0.39, 0.29) is 5.91 Å². The van der Waals surface area contributed by atoms with Gasteiger partial charge in [-0.15, -0.1) is 0 Å². The highest BCUT2D eigenvalue weighted by Gasteiger charge is 2.36. The van der Waals surface area contributed by atoms with Crippen LogP contribution >= 0.6 is 7.60 Å². The first-order valence-electron chi connectivity index (χ1n) is 8.55. The Morgan fingerprint density at radius 3 is 2.28 bits per heavy atom. The van der Waals surface area contributed by atoms with Crippen molar-refractivity contribution in [3.63, 3.8) is 0 Å². The molecule has 25 heavy (non-hydrogen) atoms. The molecule has 1 aromatic carbocycles. The van der Waals surface area contributed by atoms with Crippen molar-refractivity contribution in [3.8, 4) is 0 Å². The van der Waals surface area contributed by atoms with Gasteiger partial charge < -0.3 is 14.4 Å². The number of hydrogen-bond donors (Lipinski definition) is 2. The van der Waals surface area contributed by atoms with Crippen molar-refractivity contribution in [2.24, 2.45) is 0 Å². The molecule has 2 N–H and O–H groups in total. The van der Waals surface area contributed by atoms with Gasteiger partial charge in [-0.3, -0.25) is 14.7 Å². The smallest absolute Gasteiger partial charge is 0.351 e. The lowest BCUT2D eigenvalue weighted by Gasteiger charge is -2.27. The minimum absolute atomic E-state index is 0.158. The Labute approximate surface area is 150 Å². The SMILES string of the molecule is C=C(C)C(=O)NCCCNC(c1ccccc1)P(=O)(OCC)OCC. The second-order valence-corrected chi connectivity index (χ2v) is 7.64. The van der Waals surface area contributed by atoms with Crippen molar-refractivity contribution in [1.29, 1.82) is 0 Å². The van der Waals surface area contributed by atoms with Gasteiger partial charge in [0.05, 0.1) is 13.2 Å². The minimum atomic E-state index is -3.35. The Hall–Kier alpha value is -1.46. The predicted molar refractivity (Wildman–Crippen MR) is 100 cm³/mol. The van der Waals surface area contributed by atoms with Crippen molar-refractivity contribution < 1.29 is 18.4 Å². The van der Waals surface area contributed by atoms with Crippen LogP contribution in [0.15, 0.2) is 42.5 Å². The van der Waals surface area contributed by atoms with E-state index in [2.05, 4.69) is 17.2 Å². The van der Waals surface area contributed by atoms with Crippen LogP contribution in [-0.2, 0) is 18.4 Å². The van der Waals surface area contributed by atoms with Gasteiger partial charge >= 0.3 is 7.60 Å². The first-order valence-corrected chi connectivity index (χ1v) is 10.2. The van der Waals surface area contributed by atoms with Crippen molar-refractivity contribution in [3.05, 3.63) is 48.0 Å². The first-order chi connectivity index (χ1) is 11.9. The van der Waals surface area contributed by atoms with Crippen LogP contribution < -0.4 is 10.6 Å². The molecule has 0 aromatic heterocycles. The topological polar surface area (TPSA) is 76.7 Å². The van der Waals surface area contributed by atoms with Crippen LogP contribution in [0.1, 0.15) is 38.5 Å². The Morgan fingerprint density at radius 2 is 1.76 bits per heavy atom. The maximum absolute atomic E-state index is 13.2. The summed E-state index contributed by atoms with van der Waals surface area (Å²) in [6, 6.07) is 9.47. The van der Waals surface area contributed by atoms with Crippen molar-refractivity contribution in [1.82, 2.24) is 10.6 Å². The zero-order valence-corrected chi connectivity index (χ0v) is 16.2. The molecule has 1 atom stereocenters. The molecule has 1 unspecified atom stereocenters. The average Bonchev–Trinajstić information content (AvgIpc) is 2.58. The van der Waals surface area contributed by atoms with Crippen molar-refractivity contribution in [2.45, 2.75) is 33.0 Å². The van der Waals surface area contributed by atoms with E-state index in [1.807, 2.05) is 30.3 Å². The lowest BCUT2D eigenvalue weighted by molar-refractivity contribution is -0.117. The summed E-state index contributed by atoms with van der Waals surface area (Å²) < 4.78 is 24.2. The number of carbonyl (C=O) groups is 1. The number of nitrogens with one attached hydrogen (secondary N) is 2. The monoisotopic (exact) mass is 368 g/mol. The Kier molecular flexibility index (Phi) is 9.68. The molecule has 0 aliphatic rings. The summed E-state index contributed by atoms with van der Waals surface area (Å²) in [5.74, 6) is -0.709. The molecule has 0 spiro atoms. The molecule has 1 aromatic rings. The Morgan fingerprint density at radius 1 is 1.16 bits per heavy atom. The Balaban J connectivity index is 2.74. The molecule has 0 heterocycles. The molecule has 6 nitrogen and oxygen atoms in total. The molecule has 0 aliphatic heterocycles. The molecule has 0 saturated heterocycles. The summed E-state index contributed by atoms with van der Waals surface area (Å²) in [6.45, 7) is 10.5. The predicted octanol–water partition coefficient (Wildman–Crippen LogP) is 3.62. The number of rotatable bonds is 12. The van der Waals surface area contributed by atoms with Gasteiger partial charge in [0.1, 0.15) is 5.78 Å². The highest BCUT2D eigenvalue weighted by Crippen LogP contribution is 2.59. The van der Waals surface area contributed by atoms with Gasteiger partial charge in [0, 0.05) is 12.1 Å². The number of hydrogen-bond acceptors (Lipinski definition) is 5. The molecule has 1 amide bonds. The van der Waals surface area contributed by atoms with Gasteiger partial charge in [-0.2, -0.15) is 0 Å². The summed E-state index contributed by atoms with van der Waals surface area (Å²) in [4.78, 5) is 11.5. The van der Waals surface area contributed by atoms with Crippen LogP contribution in [0.25, 0.3) is 0 Å². The molecular formula is C18H29N2O4P. The van der Waals surface area contributed by atoms with Gasteiger partial charge in [0.25, 0.3) is 0 Å². The molecule has 0 bridgehead atoms. The third kappa shape index (κ3) is 7.12. The molecule has 0 saturated carbocycles. The molecule has 7 heteroatoms. The number of amides is 1. The highest BCUT2D eigenvalue weighted by atomic mass is 31.2. The summed E-state index contributed by atoms with van der Waals surface area (Å²) in [5.41, 5.74) is 1.33. The van der Waals surface area contributed by atoms with E-state index in [1.165, 1.54) is 0 Å². The lowest BCUT2D eigenvalue weighted by atomic mass is 10.2. The maximum Gasteiger partial charge on any atom is 0.351 e. The van der Waals surface area contributed by atoms with Gasteiger partial charge in [-0.05, 0) is 39.3 Å². The lowest BCUT2D eigenvalue weighted by Crippen LogP contribution is -2.29. The van der Waals surface area contributed by atoms with Crippen molar-refractivity contribution in [2.75, 3.05) is 26.3 Å². The second-order valence-electron chi connectivity index (χ2n) is 5.53. The van der Waals surface area contributed by atoms with Gasteiger partial charge in [-0.25, -0.2) is 0 Å². The Bertz CT molecular complexity index is 582. The molecule has 0 fully saturated rings. The van der Waals surface area contributed by atoms with Crippen LogP contribution in [0.5, 0.6) is 0 Å². The normalized spacial score (nSPS) is 12.6. The fraction of sp³-hybridized carbons (Fsp3) is 0.500. The van der Waals surface area contributed by atoms with E-state index < -0.39 is 13.4 Å². The van der Waals surface area contributed by atoms with E-state index >= 15 is 0 Å². The zero-order valence-electron chi connectivity index (χ0n) is 15.3. The third-order valence-corrected chi connectivity index (χ3v) is 5.76. The zero-order chi connectivity index (χ0) is 18.7. The highest BCUT2D eigenvalue weighted by molar-refractivity contribution is 7.54. The van der Waals surface area contributed by atoms with E-state index in [9.17, 15) is 9.36 Å². The standard InChI is InChI=1S/C18H29N2O4P/c1-5-23-25(22,24-6-2)18(16-11-8-7-9-12-16)20-14-10-13-19-17(21)15(3)4/h7-9,11-12,18,20H,3,5-6,10,13-14H2,1-2,4H3,(H,19,21). The van der Waals surface area contributed by atoms with Crippen LogP contribution in [0.4, 0.5) is 0 Å². The quantitative estimate of drug-likeness (QED) is 0.335. The van der Waals surface area contributed by atoms with Gasteiger partial charge in [-0.1, -0.05) is 36.9 Å². The molecule has 1 rings (SSSR count).